The number of thiazole rings is 1. The SMILES string of the molecule is COc1cc(C)c(S(=O)(=O)NC(N)=NCCC[C@H](NC(=O)[C@H](Cc2csc3ccccc23)NC(=O)[C@@H](Cc2ccccc2)NS(=O)(=O)Cc2ccccc2)C(=O)c2nccs2)c(C)c1C. The summed E-state index contributed by atoms with van der Waals surface area (Å²) >= 11 is 2.57. The van der Waals surface area contributed by atoms with Crippen LogP contribution in [-0.2, 0) is 48.2 Å². The Bertz CT molecular complexity index is 2870. The number of benzene rings is 4. The molecule has 0 aliphatic rings. The van der Waals surface area contributed by atoms with Crippen molar-refractivity contribution in [3.8, 4) is 5.75 Å². The van der Waals surface area contributed by atoms with Gasteiger partial charge < -0.3 is 21.1 Å². The molecule has 15 nitrogen and oxygen atoms in total. The molecule has 0 unspecified atom stereocenters. The monoisotopic (exact) mass is 957 g/mol. The molecule has 4 aromatic carbocycles. The molecule has 2 aromatic heterocycles. The van der Waals surface area contributed by atoms with Crippen LogP contribution in [0.2, 0.25) is 0 Å². The van der Waals surface area contributed by atoms with Crippen LogP contribution in [-0.4, -0.2) is 77.2 Å². The fourth-order valence-electron chi connectivity index (χ4n) is 7.38. The van der Waals surface area contributed by atoms with Crippen LogP contribution in [0.3, 0.4) is 0 Å². The Kier molecular flexibility index (Phi) is 16.3. The van der Waals surface area contributed by atoms with Crippen molar-refractivity contribution in [2.45, 2.75) is 75.2 Å². The molecule has 0 radical (unpaired) electrons. The molecule has 0 saturated carbocycles. The zero-order chi connectivity index (χ0) is 46.7. The summed E-state index contributed by atoms with van der Waals surface area (Å²) in [7, 11) is -6.69. The maximum atomic E-state index is 14.5. The Morgan fingerprint density at radius 2 is 1.45 bits per heavy atom. The Hall–Kier alpha value is -5.99. The highest BCUT2D eigenvalue weighted by Gasteiger charge is 2.33. The van der Waals surface area contributed by atoms with Gasteiger partial charge in [0.25, 0.3) is 10.0 Å². The second kappa shape index (κ2) is 21.8. The molecule has 0 spiro atoms. The van der Waals surface area contributed by atoms with E-state index in [4.69, 9.17) is 10.5 Å². The summed E-state index contributed by atoms with van der Waals surface area (Å²) in [5, 5.41) is 10.2. The Balaban J connectivity index is 1.23. The molecule has 2 heterocycles. The van der Waals surface area contributed by atoms with Crippen LogP contribution in [0, 0.1) is 20.8 Å². The smallest absolute Gasteiger partial charge is 0.264 e. The number of carbonyl (C=O) groups excluding carboxylic acids is 3. The minimum absolute atomic E-state index is 0.0136. The van der Waals surface area contributed by atoms with Gasteiger partial charge in [-0.25, -0.2) is 31.3 Å². The van der Waals surface area contributed by atoms with Crippen molar-refractivity contribution >= 4 is 76.4 Å². The quantitative estimate of drug-likeness (QED) is 0.0264. The highest BCUT2D eigenvalue weighted by atomic mass is 32.2. The number of guanidine groups is 1. The van der Waals surface area contributed by atoms with Crippen molar-refractivity contribution in [2.24, 2.45) is 10.7 Å². The second-order valence-corrected chi connectivity index (χ2v) is 20.6. The number of thiophene rings is 1. The number of amides is 2. The molecule has 2 amide bonds. The number of carbonyl (C=O) groups is 3. The van der Waals surface area contributed by atoms with Gasteiger partial charge >= 0.3 is 0 Å². The first kappa shape index (κ1) is 48.5. The lowest BCUT2D eigenvalue weighted by atomic mass is 10.0. The zero-order valence-electron chi connectivity index (χ0n) is 36.2. The van der Waals surface area contributed by atoms with Gasteiger partial charge in [0.05, 0.1) is 23.8 Å². The second-order valence-electron chi connectivity index (χ2n) is 15.4. The minimum Gasteiger partial charge on any atom is -0.496 e. The molecule has 19 heteroatoms. The van der Waals surface area contributed by atoms with Gasteiger partial charge in [0.15, 0.2) is 5.01 Å². The number of hydrogen-bond acceptors (Lipinski definition) is 12. The van der Waals surface area contributed by atoms with Gasteiger partial charge in [-0.3, -0.25) is 19.4 Å². The number of methoxy groups -OCH3 is 1. The lowest BCUT2D eigenvalue weighted by molar-refractivity contribution is -0.130. The number of nitrogens with zero attached hydrogens (tertiary/aromatic N) is 2. The number of sulfonamides is 2. The molecular weight excluding hydrogens is 907 g/mol. The van der Waals surface area contributed by atoms with Crippen LogP contribution in [0.4, 0.5) is 0 Å². The third kappa shape index (κ3) is 12.8. The molecule has 0 aliphatic heterocycles. The van der Waals surface area contributed by atoms with E-state index < -0.39 is 55.8 Å². The minimum atomic E-state index is -4.14. The molecule has 6 rings (SSSR count). The van der Waals surface area contributed by atoms with E-state index in [1.165, 1.54) is 24.6 Å². The molecule has 6 N–H and O–H groups in total. The summed E-state index contributed by atoms with van der Waals surface area (Å²) in [5.74, 6) is -2.09. The molecular formula is C46H51N7O8S4. The van der Waals surface area contributed by atoms with Crippen LogP contribution in [0.25, 0.3) is 10.1 Å². The number of ether oxygens (including phenoxy) is 1. The van der Waals surface area contributed by atoms with E-state index in [0.717, 1.165) is 27.0 Å². The highest BCUT2D eigenvalue weighted by Crippen LogP contribution is 2.31. The molecule has 65 heavy (non-hydrogen) atoms. The summed E-state index contributed by atoms with van der Waals surface area (Å²) in [6.07, 6.45) is 1.70. The largest absolute Gasteiger partial charge is 0.496 e. The van der Waals surface area contributed by atoms with Gasteiger partial charge in [-0.1, -0.05) is 78.9 Å². The van der Waals surface area contributed by atoms with E-state index in [-0.39, 0.29) is 53.8 Å². The number of aliphatic imine (C=N–C) groups is 1. The van der Waals surface area contributed by atoms with E-state index >= 15 is 0 Å². The van der Waals surface area contributed by atoms with Crippen LogP contribution < -0.4 is 30.5 Å². The maximum Gasteiger partial charge on any atom is 0.264 e. The predicted octanol–water partition coefficient (Wildman–Crippen LogP) is 5.49. The number of nitrogens with two attached hydrogens (primary N) is 1. The summed E-state index contributed by atoms with van der Waals surface area (Å²) in [6.45, 7) is 5.07. The van der Waals surface area contributed by atoms with E-state index in [1.807, 2.05) is 35.7 Å². The first-order chi connectivity index (χ1) is 31.0. The van der Waals surface area contributed by atoms with Crippen molar-refractivity contribution in [1.29, 1.82) is 0 Å². The molecule has 0 saturated heterocycles. The van der Waals surface area contributed by atoms with Gasteiger partial charge in [0.2, 0.25) is 33.6 Å². The van der Waals surface area contributed by atoms with Crippen molar-refractivity contribution in [1.82, 2.24) is 25.1 Å². The molecule has 3 atom stereocenters. The van der Waals surface area contributed by atoms with Gasteiger partial charge in [-0.05, 0) is 96.3 Å². The van der Waals surface area contributed by atoms with E-state index in [0.29, 0.717) is 33.6 Å². The van der Waals surface area contributed by atoms with Crippen LogP contribution in [0.1, 0.15) is 56.0 Å². The molecule has 0 aliphatic carbocycles. The van der Waals surface area contributed by atoms with Crippen LogP contribution in [0.5, 0.6) is 5.75 Å². The third-order valence-corrected chi connectivity index (χ3v) is 15.5. The first-order valence-electron chi connectivity index (χ1n) is 20.6. The lowest BCUT2D eigenvalue weighted by Crippen LogP contribution is -2.57. The number of hydrogen-bond donors (Lipinski definition) is 5. The summed E-state index contributed by atoms with van der Waals surface area (Å²) < 4.78 is 65.3. The number of Topliss-reactive ketones (excluding diaryl/α,β-unsaturated/α-hetero) is 1. The van der Waals surface area contributed by atoms with Crippen LogP contribution >= 0.6 is 22.7 Å². The van der Waals surface area contributed by atoms with E-state index in [2.05, 4.69) is 30.1 Å². The molecule has 0 bridgehead atoms. The Morgan fingerprint density at radius 3 is 2.12 bits per heavy atom. The lowest BCUT2D eigenvalue weighted by Gasteiger charge is -2.25. The Labute approximate surface area is 387 Å². The average molecular weight is 958 g/mol. The maximum absolute atomic E-state index is 14.5. The summed E-state index contributed by atoms with van der Waals surface area (Å²) in [4.78, 5) is 51.2. The van der Waals surface area contributed by atoms with Gasteiger partial charge in [-0.2, -0.15) is 0 Å². The summed E-state index contributed by atoms with van der Waals surface area (Å²) in [5.41, 5.74) is 9.67. The number of aryl methyl sites for hydroxylation is 1. The standard InChI is InChI=1S/C46H51N7O8S4/c1-29-24-39(61-4)30(2)31(3)42(29)65(59,60)53-46(47)49-21-13-19-36(41(54)45-48-22-23-62-45)50-43(55)37(26-34-27-63-40-20-12-11-18-35(34)40)51-44(56)38(25-32-14-7-5-8-15-32)52-64(57,58)28-33-16-9-6-10-17-33/h5-12,14-18,20,22-24,27,36-38,52H,13,19,21,25-26,28H2,1-4H3,(H,50,55)(H,51,56)(H3,47,49,53)/t36-,37-,38+/m0/s1. The van der Waals surface area contributed by atoms with Crippen molar-refractivity contribution < 1.29 is 36.0 Å². The highest BCUT2D eigenvalue weighted by molar-refractivity contribution is 7.90. The summed E-state index contributed by atoms with van der Waals surface area (Å²) in [6, 6.07) is 23.0. The predicted molar refractivity (Wildman–Crippen MR) is 255 cm³/mol. The Morgan fingerprint density at radius 1 is 0.800 bits per heavy atom. The van der Waals surface area contributed by atoms with Crippen molar-refractivity contribution in [3.05, 3.63) is 146 Å². The van der Waals surface area contributed by atoms with Crippen molar-refractivity contribution in [3.63, 3.8) is 0 Å². The average Bonchev–Trinajstić information content (AvgIpc) is 3.96. The van der Waals surface area contributed by atoms with Crippen LogP contribution in [0.15, 0.2) is 118 Å². The van der Waals surface area contributed by atoms with E-state index in [9.17, 15) is 31.2 Å². The number of nitrogens with one attached hydrogen (secondary N) is 4. The number of rotatable bonds is 21. The van der Waals surface area contributed by atoms with Gasteiger partial charge in [0.1, 0.15) is 17.8 Å². The molecule has 6 aromatic rings. The van der Waals surface area contributed by atoms with Crippen molar-refractivity contribution in [2.75, 3.05) is 13.7 Å². The molecule has 0 fully saturated rings. The zero-order valence-corrected chi connectivity index (χ0v) is 39.5. The topological polar surface area (TPSA) is 228 Å². The fourth-order valence-corrected chi connectivity index (χ4v) is 11.8. The number of ketones is 1. The number of aromatic nitrogens is 1. The third-order valence-electron chi connectivity index (χ3n) is 10.7. The molecule has 342 valence electrons. The normalized spacial score (nSPS) is 13.4. The number of fused-ring (bicyclic) bond motifs is 1. The van der Waals surface area contributed by atoms with Gasteiger partial charge in [-0.15, -0.1) is 22.7 Å². The van der Waals surface area contributed by atoms with E-state index in [1.54, 1.807) is 86.8 Å². The fraction of sp³-hybridized carbons (Fsp3) is 0.283. The van der Waals surface area contributed by atoms with Gasteiger partial charge in [0, 0.05) is 29.2 Å². The first-order valence-corrected chi connectivity index (χ1v) is 25.5.